The fourth-order valence-corrected chi connectivity index (χ4v) is 2.76. The van der Waals surface area contributed by atoms with Gasteiger partial charge in [0.2, 0.25) is 0 Å². The van der Waals surface area contributed by atoms with Crippen LogP contribution in [0.25, 0.3) is 10.9 Å². The second kappa shape index (κ2) is 5.98. The third kappa shape index (κ3) is 2.95. The molecule has 0 aliphatic heterocycles. The van der Waals surface area contributed by atoms with E-state index < -0.39 is 0 Å². The SMILES string of the molecule is Nc1cc(CNCCc2nccs2)nc2ccccc12. The Kier molecular flexibility index (Phi) is 3.90. The normalized spacial score (nSPS) is 11.0. The lowest BCUT2D eigenvalue weighted by Gasteiger charge is -2.07. The molecule has 3 aromatic rings. The van der Waals surface area contributed by atoms with E-state index in [1.165, 1.54) is 0 Å². The van der Waals surface area contributed by atoms with Crippen molar-refractivity contribution in [2.24, 2.45) is 0 Å². The molecule has 0 saturated heterocycles. The number of fused-ring (bicyclic) bond motifs is 1. The molecule has 0 aliphatic rings. The number of nitrogen functional groups attached to an aromatic ring is 1. The van der Waals surface area contributed by atoms with Gasteiger partial charge in [0.1, 0.15) is 0 Å². The van der Waals surface area contributed by atoms with E-state index in [9.17, 15) is 0 Å². The quantitative estimate of drug-likeness (QED) is 0.707. The predicted octanol–water partition coefficient (Wildman–Crippen LogP) is 2.61. The number of nitrogens with zero attached hydrogens (tertiary/aromatic N) is 2. The van der Waals surface area contributed by atoms with Crippen molar-refractivity contribution in [1.29, 1.82) is 0 Å². The minimum Gasteiger partial charge on any atom is -0.398 e. The van der Waals surface area contributed by atoms with Crippen molar-refractivity contribution in [3.63, 3.8) is 0 Å². The summed E-state index contributed by atoms with van der Waals surface area (Å²) in [5.41, 5.74) is 8.77. The summed E-state index contributed by atoms with van der Waals surface area (Å²) in [6.45, 7) is 1.61. The third-order valence-corrected chi connectivity index (χ3v) is 3.95. The van der Waals surface area contributed by atoms with Gasteiger partial charge < -0.3 is 11.1 Å². The minimum absolute atomic E-state index is 0.723. The molecule has 0 radical (unpaired) electrons. The molecule has 2 heterocycles. The van der Waals surface area contributed by atoms with Crippen LogP contribution in [0.5, 0.6) is 0 Å². The zero-order chi connectivity index (χ0) is 13.8. The van der Waals surface area contributed by atoms with E-state index in [4.69, 9.17) is 5.73 Å². The number of nitrogens with one attached hydrogen (secondary N) is 1. The van der Waals surface area contributed by atoms with E-state index in [1.54, 1.807) is 11.3 Å². The van der Waals surface area contributed by atoms with Gasteiger partial charge in [-0.1, -0.05) is 18.2 Å². The molecule has 0 saturated carbocycles. The Morgan fingerprint density at radius 2 is 2.15 bits per heavy atom. The van der Waals surface area contributed by atoms with Gasteiger partial charge in [-0.15, -0.1) is 11.3 Å². The van der Waals surface area contributed by atoms with Crippen LogP contribution in [-0.4, -0.2) is 16.5 Å². The summed E-state index contributed by atoms with van der Waals surface area (Å²) in [5, 5.41) is 7.55. The first-order valence-corrected chi connectivity index (χ1v) is 7.44. The number of thiazole rings is 1. The first kappa shape index (κ1) is 13.0. The van der Waals surface area contributed by atoms with Crippen LogP contribution in [0.15, 0.2) is 41.9 Å². The van der Waals surface area contributed by atoms with Gasteiger partial charge >= 0.3 is 0 Å². The summed E-state index contributed by atoms with van der Waals surface area (Å²) >= 11 is 1.69. The monoisotopic (exact) mass is 284 g/mol. The molecule has 5 heteroatoms. The van der Waals surface area contributed by atoms with E-state index in [0.717, 1.165) is 46.8 Å². The Labute approximate surface area is 121 Å². The van der Waals surface area contributed by atoms with Crippen LogP contribution < -0.4 is 11.1 Å². The maximum Gasteiger partial charge on any atom is 0.0937 e. The topological polar surface area (TPSA) is 63.8 Å². The number of aromatic nitrogens is 2. The molecule has 0 unspecified atom stereocenters. The fourth-order valence-electron chi connectivity index (χ4n) is 2.14. The largest absolute Gasteiger partial charge is 0.398 e. The lowest BCUT2D eigenvalue weighted by Crippen LogP contribution is -2.17. The number of para-hydroxylation sites is 1. The molecular formula is C15H16N4S. The number of hydrogen-bond acceptors (Lipinski definition) is 5. The highest BCUT2D eigenvalue weighted by molar-refractivity contribution is 7.09. The highest BCUT2D eigenvalue weighted by Gasteiger charge is 2.03. The van der Waals surface area contributed by atoms with Gasteiger partial charge in [-0.05, 0) is 12.1 Å². The molecule has 0 amide bonds. The van der Waals surface area contributed by atoms with Gasteiger partial charge in [-0.25, -0.2) is 4.98 Å². The van der Waals surface area contributed by atoms with Gasteiger partial charge in [0.05, 0.1) is 16.2 Å². The molecule has 1 aromatic carbocycles. The van der Waals surface area contributed by atoms with E-state index >= 15 is 0 Å². The number of nitrogens with two attached hydrogens (primary N) is 1. The maximum absolute atomic E-state index is 6.06. The third-order valence-electron chi connectivity index (χ3n) is 3.11. The summed E-state index contributed by atoms with van der Waals surface area (Å²) in [5.74, 6) is 0. The highest BCUT2D eigenvalue weighted by Crippen LogP contribution is 2.19. The summed E-state index contributed by atoms with van der Waals surface area (Å²) < 4.78 is 0. The zero-order valence-corrected chi connectivity index (χ0v) is 11.9. The van der Waals surface area contributed by atoms with Crippen LogP contribution in [0.3, 0.4) is 0 Å². The number of rotatable bonds is 5. The summed E-state index contributed by atoms with van der Waals surface area (Å²) in [7, 11) is 0. The Morgan fingerprint density at radius 1 is 1.25 bits per heavy atom. The second-order valence-corrected chi connectivity index (χ2v) is 5.55. The molecule has 0 bridgehead atoms. The van der Waals surface area contributed by atoms with Gasteiger partial charge in [-0.3, -0.25) is 4.98 Å². The van der Waals surface area contributed by atoms with Crippen molar-refractivity contribution in [2.75, 3.05) is 12.3 Å². The lowest BCUT2D eigenvalue weighted by molar-refractivity contribution is 0.675. The van der Waals surface area contributed by atoms with Gasteiger partial charge in [-0.2, -0.15) is 0 Å². The van der Waals surface area contributed by atoms with Crippen molar-refractivity contribution >= 4 is 27.9 Å². The van der Waals surface area contributed by atoms with Crippen LogP contribution in [0.4, 0.5) is 5.69 Å². The van der Waals surface area contributed by atoms with Gasteiger partial charge in [0, 0.05) is 42.2 Å². The molecule has 3 N–H and O–H groups in total. The number of hydrogen-bond donors (Lipinski definition) is 2. The van der Waals surface area contributed by atoms with E-state index in [0.29, 0.717) is 0 Å². The zero-order valence-electron chi connectivity index (χ0n) is 11.0. The molecule has 0 fully saturated rings. The van der Waals surface area contributed by atoms with Gasteiger partial charge in [0.25, 0.3) is 0 Å². The van der Waals surface area contributed by atoms with Crippen molar-refractivity contribution in [3.8, 4) is 0 Å². The molecule has 0 spiro atoms. The number of benzene rings is 1. The van der Waals surface area contributed by atoms with Crippen LogP contribution in [0.2, 0.25) is 0 Å². The maximum atomic E-state index is 6.06. The Morgan fingerprint density at radius 3 is 3.00 bits per heavy atom. The number of anilines is 1. The van der Waals surface area contributed by atoms with Crippen LogP contribution in [0, 0.1) is 0 Å². The van der Waals surface area contributed by atoms with E-state index in [1.807, 2.05) is 41.9 Å². The van der Waals surface area contributed by atoms with Crippen LogP contribution in [0.1, 0.15) is 10.7 Å². The van der Waals surface area contributed by atoms with Gasteiger partial charge in [0.15, 0.2) is 0 Å². The standard InChI is InChI=1S/C15H16N4S/c16-13-9-11(19-14-4-2-1-3-12(13)14)10-17-6-5-15-18-7-8-20-15/h1-4,7-9,17H,5-6,10H2,(H2,16,19). The van der Waals surface area contributed by atoms with Crippen molar-refractivity contribution < 1.29 is 0 Å². The predicted molar refractivity (Wildman–Crippen MR) is 83.7 cm³/mol. The molecule has 102 valence electrons. The Balaban J connectivity index is 1.63. The molecule has 0 atom stereocenters. The molecule has 2 aromatic heterocycles. The van der Waals surface area contributed by atoms with Crippen LogP contribution >= 0.6 is 11.3 Å². The average Bonchev–Trinajstić information content (AvgIpc) is 2.97. The van der Waals surface area contributed by atoms with E-state index in [-0.39, 0.29) is 0 Å². The molecule has 4 nitrogen and oxygen atoms in total. The smallest absolute Gasteiger partial charge is 0.0937 e. The first-order valence-electron chi connectivity index (χ1n) is 6.56. The molecular weight excluding hydrogens is 268 g/mol. The second-order valence-electron chi connectivity index (χ2n) is 4.57. The van der Waals surface area contributed by atoms with Crippen LogP contribution in [-0.2, 0) is 13.0 Å². The Bertz CT molecular complexity index is 694. The minimum atomic E-state index is 0.723. The first-order chi connectivity index (χ1) is 9.83. The van der Waals surface area contributed by atoms with Crippen molar-refractivity contribution in [2.45, 2.75) is 13.0 Å². The molecule has 0 aliphatic carbocycles. The average molecular weight is 284 g/mol. The van der Waals surface area contributed by atoms with E-state index in [2.05, 4.69) is 15.3 Å². The van der Waals surface area contributed by atoms with Crippen molar-refractivity contribution in [3.05, 3.63) is 52.6 Å². The number of pyridine rings is 1. The highest BCUT2D eigenvalue weighted by atomic mass is 32.1. The summed E-state index contributed by atoms with van der Waals surface area (Å²) in [6.07, 6.45) is 2.78. The molecule has 20 heavy (non-hydrogen) atoms. The Hall–Kier alpha value is -1.98. The fraction of sp³-hybridized carbons (Fsp3) is 0.200. The summed E-state index contributed by atoms with van der Waals surface area (Å²) in [6, 6.07) is 9.89. The lowest BCUT2D eigenvalue weighted by atomic mass is 10.1. The van der Waals surface area contributed by atoms with Crippen molar-refractivity contribution in [1.82, 2.24) is 15.3 Å². The molecule has 3 rings (SSSR count). The summed E-state index contributed by atoms with van der Waals surface area (Å²) in [4.78, 5) is 8.87.